The molecular formula is C31H41N5O3S. The summed E-state index contributed by atoms with van der Waals surface area (Å²) < 4.78 is 28.6. The van der Waals surface area contributed by atoms with Crippen molar-refractivity contribution in [2.24, 2.45) is 17.8 Å². The van der Waals surface area contributed by atoms with Crippen LogP contribution in [0.4, 0.5) is 0 Å². The predicted molar refractivity (Wildman–Crippen MR) is 158 cm³/mol. The number of likely N-dealkylation sites (tertiary alicyclic amines) is 1. The van der Waals surface area contributed by atoms with Crippen LogP contribution in [0.15, 0.2) is 53.6 Å². The Morgan fingerprint density at radius 3 is 2.42 bits per heavy atom. The maximum Gasteiger partial charge on any atom is 0.252 e. The minimum atomic E-state index is -3.67. The van der Waals surface area contributed by atoms with Crippen molar-refractivity contribution in [1.82, 2.24) is 24.5 Å². The predicted octanol–water partition coefficient (Wildman–Crippen LogP) is 4.82. The first-order valence-corrected chi connectivity index (χ1v) is 16.0. The number of aromatic nitrogens is 2. The summed E-state index contributed by atoms with van der Waals surface area (Å²) in [7, 11) is -3.67. The van der Waals surface area contributed by atoms with E-state index in [2.05, 4.69) is 36.0 Å². The first kappa shape index (κ1) is 28.6. The first-order chi connectivity index (χ1) is 19.2. The molecule has 0 saturated carbocycles. The van der Waals surface area contributed by atoms with Gasteiger partial charge in [0.1, 0.15) is 0 Å². The molecule has 2 aliphatic rings. The van der Waals surface area contributed by atoms with Gasteiger partial charge in [-0.25, -0.2) is 13.4 Å². The lowest BCUT2D eigenvalue weighted by molar-refractivity contribution is 0.0949. The van der Waals surface area contributed by atoms with Crippen LogP contribution >= 0.6 is 0 Å². The molecule has 2 fully saturated rings. The largest absolute Gasteiger partial charge is 0.352 e. The smallest absolute Gasteiger partial charge is 0.252 e. The van der Waals surface area contributed by atoms with Gasteiger partial charge in [-0.05, 0) is 86.4 Å². The van der Waals surface area contributed by atoms with E-state index in [9.17, 15) is 13.2 Å². The number of pyridine rings is 2. The molecule has 214 valence electrons. The maximum atomic E-state index is 13.6. The standard InChI is InChI=1S/C31H41N5O3S/c1-22-10-15-36(16-11-22)40(38,39)25-8-9-28-26(18-25)27(19-30(34-28)29-7-4-5-12-32-29)31(37)33-13-6-14-35-20-23(2)17-24(3)21-35/h4-5,7-9,12,18-19,22-24H,6,10-11,13-17,20-21H2,1-3H3,(H,33,37)/t23-,24-/m1/s1. The third-order valence-electron chi connectivity index (χ3n) is 8.21. The first-order valence-electron chi connectivity index (χ1n) is 14.6. The third-order valence-corrected chi connectivity index (χ3v) is 10.1. The van der Waals surface area contributed by atoms with E-state index in [1.54, 1.807) is 34.8 Å². The molecule has 4 heterocycles. The van der Waals surface area contributed by atoms with E-state index < -0.39 is 10.0 Å². The molecule has 40 heavy (non-hydrogen) atoms. The van der Waals surface area contributed by atoms with Gasteiger partial charge >= 0.3 is 0 Å². The Hall–Kier alpha value is -2.88. The molecule has 0 bridgehead atoms. The summed E-state index contributed by atoms with van der Waals surface area (Å²) in [5.41, 5.74) is 2.21. The van der Waals surface area contributed by atoms with Crippen LogP contribution in [-0.4, -0.2) is 72.8 Å². The van der Waals surface area contributed by atoms with Crippen molar-refractivity contribution < 1.29 is 13.2 Å². The van der Waals surface area contributed by atoms with Gasteiger partial charge in [0, 0.05) is 44.3 Å². The number of nitrogens with zero attached hydrogens (tertiary/aromatic N) is 4. The van der Waals surface area contributed by atoms with E-state index in [4.69, 9.17) is 4.98 Å². The Kier molecular flexibility index (Phi) is 8.83. The Morgan fingerprint density at radius 2 is 1.73 bits per heavy atom. The molecule has 2 aliphatic heterocycles. The fraction of sp³-hybridized carbons (Fsp3) is 0.516. The average Bonchev–Trinajstić information content (AvgIpc) is 2.94. The molecular weight excluding hydrogens is 522 g/mol. The lowest BCUT2D eigenvalue weighted by Gasteiger charge is -2.34. The van der Waals surface area contributed by atoms with Gasteiger partial charge in [-0.3, -0.25) is 9.78 Å². The van der Waals surface area contributed by atoms with Gasteiger partial charge in [0.15, 0.2) is 0 Å². The lowest BCUT2D eigenvalue weighted by Crippen LogP contribution is -2.40. The maximum absolute atomic E-state index is 13.6. The molecule has 2 saturated heterocycles. The number of hydrogen-bond donors (Lipinski definition) is 1. The summed E-state index contributed by atoms with van der Waals surface area (Å²) in [4.78, 5) is 25.4. The van der Waals surface area contributed by atoms with Crippen LogP contribution in [0.2, 0.25) is 0 Å². The number of sulfonamides is 1. The van der Waals surface area contributed by atoms with Crippen LogP contribution in [0.1, 0.15) is 56.8 Å². The van der Waals surface area contributed by atoms with E-state index in [-0.39, 0.29) is 10.8 Å². The Morgan fingerprint density at radius 1 is 0.975 bits per heavy atom. The van der Waals surface area contributed by atoms with E-state index >= 15 is 0 Å². The summed E-state index contributed by atoms with van der Waals surface area (Å²) in [6.45, 7) is 11.5. The van der Waals surface area contributed by atoms with E-state index in [0.29, 0.717) is 65.2 Å². The van der Waals surface area contributed by atoms with Crippen LogP contribution in [0.25, 0.3) is 22.3 Å². The van der Waals surface area contributed by atoms with Crippen molar-refractivity contribution in [3.63, 3.8) is 0 Å². The molecule has 1 N–H and O–H groups in total. The fourth-order valence-electron chi connectivity index (χ4n) is 6.15. The zero-order valence-electron chi connectivity index (χ0n) is 23.8. The highest BCUT2D eigenvalue weighted by molar-refractivity contribution is 7.89. The van der Waals surface area contributed by atoms with Gasteiger partial charge in [0.2, 0.25) is 10.0 Å². The van der Waals surface area contributed by atoms with Crippen LogP contribution in [0.3, 0.4) is 0 Å². The zero-order chi connectivity index (χ0) is 28.3. The number of hydrogen-bond acceptors (Lipinski definition) is 6. The minimum absolute atomic E-state index is 0.198. The van der Waals surface area contributed by atoms with Crippen molar-refractivity contribution in [3.8, 4) is 11.4 Å². The molecule has 0 aliphatic carbocycles. The number of amides is 1. The Balaban J connectivity index is 1.40. The number of fused-ring (bicyclic) bond motifs is 1. The van der Waals surface area contributed by atoms with Crippen LogP contribution in [-0.2, 0) is 10.0 Å². The highest BCUT2D eigenvalue weighted by Gasteiger charge is 2.29. The molecule has 0 radical (unpaired) electrons. The second-order valence-corrected chi connectivity index (χ2v) is 13.8. The number of carbonyl (C=O) groups is 1. The summed E-state index contributed by atoms with van der Waals surface area (Å²) >= 11 is 0. The Bertz CT molecular complexity index is 1430. The summed E-state index contributed by atoms with van der Waals surface area (Å²) in [6, 6.07) is 12.2. The highest BCUT2D eigenvalue weighted by atomic mass is 32.2. The molecule has 2 aromatic heterocycles. The molecule has 8 nitrogen and oxygen atoms in total. The topological polar surface area (TPSA) is 95.5 Å². The van der Waals surface area contributed by atoms with Gasteiger partial charge in [-0.2, -0.15) is 4.31 Å². The molecule has 1 aromatic carbocycles. The van der Waals surface area contributed by atoms with Crippen LogP contribution in [0.5, 0.6) is 0 Å². The van der Waals surface area contributed by atoms with Crippen molar-refractivity contribution in [2.75, 3.05) is 39.3 Å². The SMILES string of the molecule is CC1CCN(S(=O)(=O)c2ccc3nc(-c4ccccn4)cc(C(=O)NCCCN4C[C@H](C)C[C@@H](C)C4)c3c2)CC1. The van der Waals surface area contributed by atoms with Gasteiger partial charge in [0.05, 0.1) is 27.4 Å². The number of piperidine rings is 2. The van der Waals surface area contributed by atoms with Crippen molar-refractivity contribution in [1.29, 1.82) is 0 Å². The van der Waals surface area contributed by atoms with Gasteiger partial charge in [-0.1, -0.05) is 26.8 Å². The average molecular weight is 564 g/mol. The van der Waals surface area contributed by atoms with Crippen LogP contribution in [0, 0.1) is 17.8 Å². The minimum Gasteiger partial charge on any atom is -0.352 e. The van der Waals surface area contributed by atoms with E-state index in [1.807, 2.05) is 18.2 Å². The summed E-state index contributed by atoms with van der Waals surface area (Å²) in [5, 5.41) is 3.61. The number of nitrogens with one attached hydrogen (secondary N) is 1. The molecule has 5 rings (SSSR count). The quantitative estimate of drug-likeness (QED) is 0.395. The number of benzene rings is 1. The third kappa shape index (κ3) is 6.53. The second kappa shape index (κ2) is 12.3. The fourth-order valence-corrected chi connectivity index (χ4v) is 7.64. The Labute approximate surface area is 238 Å². The molecule has 0 unspecified atom stereocenters. The molecule has 9 heteroatoms. The van der Waals surface area contributed by atoms with E-state index in [1.165, 1.54) is 6.42 Å². The van der Waals surface area contributed by atoms with Crippen LogP contribution < -0.4 is 5.32 Å². The molecule has 2 atom stereocenters. The molecule has 0 spiro atoms. The zero-order valence-corrected chi connectivity index (χ0v) is 24.7. The summed E-state index contributed by atoms with van der Waals surface area (Å²) in [5.74, 6) is 1.69. The molecule has 3 aromatic rings. The normalized spacial score (nSPS) is 21.5. The second-order valence-electron chi connectivity index (χ2n) is 11.9. The van der Waals surface area contributed by atoms with Gasteiger partial charge in [0.25, 0.3) is 5.91 Å². The van der Waals surface area contributed by atoms with Gasteiger partial charge < -0.3 is 10.2 Å². The van der Waals surface area contributed by atoms with Crippen molar-refractivity contribution >= 4 is 26.8 Å². The summed E-state index contributed by atoms with van der Waals surface area (Å²) in [6.07, 6.45) is 5.53. The molecule has 1 amide bonds. The van der Waals surface area contributed by atoms with Crippen molar-refractivity contribution in [3.05, 3.63) is 54.2 Å². The monoisotopic (exact) mass is 563 g/mol. The van der Waals surface area contributed by atoms with Gasteiger partial charge in [-0.15, -0.1) is 0 Å². The number of rotatable bonds is 8. The lowest BCUT2D eigenvalue weighted by atomic mass is 9.92. The highest BCUT2D eigenvalue weighted by Crippen LogP contribution is 2.29. The number of carbonyl (C=O) groups excluding carboxylic acids is 1. The van der Waals surface area contributed by atoms with E-state index in [0.717, 1.165) is 38.9 Å². The van der Waals surface area contributed by atoms with Crippen molar-refractivity contribution in [2.45, 2.75) is 51.3 Å².